The van der Waals surface area contributed by atoms with Crippen molar-refractivity contribution in [2.24, 2.45) is 0 Å². The molecule has 2 amide bonds. The first-order valence-corrected chi connectivity index (χ1v) is 7.93. The number of nitrogens with one attached hydrogen (secondary N) is 2. The first-order valence-electron chi connectivity index (χ1n) is 7.93. The van der Waals surface area contributed by atoms with E-state index in [1.165, 1.54) is 0 Å². The number of pyridine rings is 1. The predicted octanol–water partition coefficient (Wildman–Crippen LogP) is 2.80. The second-order valence-corrected chi connectivity index (χ2v) is 5.63. The number of aromatic nitrogens is 1. The van der Waals surface area contributed by atoms with Crippen molar-refractivity contribution in [3.05, 3.63) is 66.0 Å². The first-order chi connectivity index (χ1) is 11.3. The molecule has 0 bridgehead atoms. The third kappa shape index (κ3) is 4.29. The lowest BCUT2D eigenvalue weighted by atomic mass is 9.99. The normalized spacial score (nSPS) is 18.3. The molecule has 2 N–H and O–H groups in total. The molecular formula is C18H21N3O2. The minimum atomic E-state index is -0.196. The van der Waals surface area contributed by atoms with E-state index in [0.29, 0.717) is 6.54 Å². The van der Waals surface area contributed by atoms with E-state index >= 15 is 0 Å². The van der Waals surface area contributed by atoms with Gasteiger partial charge in [0.15, 0.2) is 0 Å². The molecule has 1 aliphatic heterocycles. The lowest BCUT2D eigenvalue weighted by molar-refractivity contribution is 0.0807. The third-order valence-electron chi connectivity index (χ3n) is 3.96. The summed E-state index contributed by atoms with van der Waals surface area (Å²) < 4.78 is 5.78. The van der Waals surface area contributed by atoms with Crippen molar-refractivity contribution in [3.8, 4) is 0 Å². The zero-order valence-electron chi connectivity index (χ0n) is 12.9. The molecule has 2 atom stereocenters. The smallest absolute Gasteiger partial charge is 0.315 e. The van der Waals surface area contributed by atoms with Gasteiger partial charge in [-0.25, -0.2) is 4.79 Å². The van der Waals surface area contributed by atoms with Gasteiger partial charge in [-0.2, -0.15) is 0 Å². The van der Waals surface area contributed by atoms with Gasteiger partial charge in [0.05, 0.1) is 12.1 Å². The van der Waals surface area contributed by atoms with Gasteiger partial charge in [0.25, 0.3) is 0 Å². The number of carbonyl (C=O) groups is 1. The second-order valence-electron chi connectivity index (χ2n) is 5.63. The van der Waals surface area contributed by atoms with Crippen LogP contribution in [0.4, 0.5) is 4.79 Å². The van der Waals surface area contributed by atoms with E-state index in [1.54, 1.807) is 12.4 Å². The standard InChI is InChI=1S/C18H21N3O2/c22-18(20-13-14-6-4-10-19-12-14)21-17(16-9-5-11-23-16)15-7-2-1-3-8-15/h1-4,6-8,10,12,16-17H,5,9,11,13H2,(H2,20,21,22)/t16-,17+/m1/s1. The first kappa shape index (κ1) is 15.5. The van der Waals surface area contributed by atoms with Gasteiger partial charge in [-0.3, -0.25) is 4.98 Å². The van der Waals surface area contributed by atoms with Crippen molar-refractivity contribution >= 4 is 6.03 Å². The summed E-state index contributed by atoms with van der Waals surface area (Å²) in [5.41, 5.74) is 2.03. The van der Waals surface area contributed by atoms with Crippen LogP contribution in [0.1, 0.15) is 30.0 Å². The van der Waals surface area contributed by atoms with E-state index in [4.69, 9.17) is 4.74 Å². The van der Waals surface area contributed by atoms with Crippen LogP contribution in [-0.4, -0.2) is 23.7 Å². The van der Waals surface area contributed by atoms with E-state index < -0.39 is 0 Å². The fraction of sp³-hybridized carbons (Fsp3) is 0.333. The summed E-state index contributed by atoms with van der Waals surface area (Å²) in [7, 11) is 0. The zero-order valence-corrected chi connectivity index (χ0v) is 12.9. The Morgan fingerprint density at radius 2 is 2.13 bits per heavy atom. The van der Waals surface area contributed by atoms with Gasteiger partial charge >= 0.3 is 6.03 Å². The van der Waals surface area contributed by atoms with Gasteiger partial charge in [-0.05, 0) is 30.0 Å². The zero-order chi connectivity index (χ0) is 15.9. The number of amides is 2. The number of ether oxygens (including phenoxy) is 1. The van der Waals surface area contributed by atoms with Crippen molar-refractivity contribution in [2.45, 2.75) is 31.5 Å². The van der Waals surface area contributed by atoms with E-state index in [-0.39, 0.29) is 18.2 Å². The van der Waals surface area contributed by atoms with Crippen LogP contribution in [0.5, 0.6) is 0 Å². The van der Waals surface area contributed by atoms with Crippen LogP contribution in [0.3, 0.4) is 0 Å². The Balaban J connectivity index is 1.62. The summed E-state index contributed by atoms with van der Waals surface area (Å²) in [4.78, 5) is 16.3. The van der Waals surface area contributed by atoms with Gasteiger partial charge in [-0.1, -0.05) is 36.4 Å². The average Bonchev–Trinajstić information content (AvgIpc) is 3.14. The molecule has 120 valence electrons. The van der Waals surface area contributed by atoms with Gasteiger partial charge in [-0.15, -0.1) is 0 Å². The monoisotopic (exact) mass is 311 g/mol. The van der Waals surface area contributed by atoms with Crippen LogP contribution in [0.25, 0.3) is 0 Å². The van der Waals surface area contributed by atoms with Crippen molar-refractivity contribution in [3.63, 3.8) is 0 Å². The molecule has 1 aromatic heterocycles. The summed E-state index contributed by atoms with van der Waals surface area (Å²) in [6.45, 7) is 1.21. The molecule has 0 unspecified atom stereocenters. The van der Waals surface area contributed by atoms with Crippen LogP contribution in [0.15, 0.2) is 54.9 Å². The Bertz CT molecular complexity index is 613. The molecular weight excluding hydrogens is 290 g/mol. The minimum absolute atomic E-state index is 0.0292. The van der Waals surface area contributed by atoms with Crippen molar-refractivity contribution in [2.75, 3.05) is 6.61 Å². The van der Waals surface area contributed by atoms with Crippen LogP contribution < -0.4 is 10.6 Å². The fourth-order valence-electron chi connectivity index (χ4n) is 2.79. The maximum absolute atomic E-state index is 12.3. The lowest BCUT2D eigenvalue weighted by Crippen LogP contribution is -2.42. The van der Waals surface area contributed by atoms with Crippen molar-refractivity contribution in [1.82, 2.24) is 15.6 Å². The molecule has 3 rings (SSSR count). The van der Waals surface area contributed by atoms with Gasteiger partial charge in [0, 0.05) is 25.5 Å². The Morgan fingerprint density at radius 3 is 2.83 bits per heavy atom. The highest BCUT2D eigenvalue weighted by molar-refractivity contribution is 5.74. The largest absolute Gasteiger partial charge is 0.376 e. The average molecular weight is 311 g/mol. The minimum Gasteiger partial charge on any atom is -0.376 e. The SMILES string of the molecule is O=C(NCc1cccnc1)N[C@@H](c1ccccc1)[C@H]1CCCO1. The second kappa shape index (κ2) is 7.74. The molecule has 23 heavy (non-hydrogen) atoms. The molecule has 1 aromatic carbocycles. The van der Waals surface area contributed by atoms with E-state index in [9.17, 15) is 4.79 Å². The molecule has 5 nitrogen and oxygen atoms in total. The number of carbonyl (C=O) groups excluding carboxylic acids is 1. The molecule has 2 aromatic rings. The molecule has 1 aliphatic rings. The highest BCUT2D eigenvalue weighted by Crippen LogP contribution is 2.26. The van der Waals surface area contributed by atoms with Crippen LogP contribution in [0, 0.1) is 0 Å². The Labute approximate surface area is 136 Å². The molecule has 1 saturated heterocycles. The van der Waals surface area contributed by atoms with E-state index in [2.05, 4.69) is 15.6 Å². The number of hydrogen-bond donors (Lipinski definition) is 2. The summed E-state index contributed by atoms with van der Waals surface area (Å²) in [5.74, 6) is 0. The van der Waals surface area contributed by atoms with Crippen LogP contribution >= 0.6 is 0 Å². The Kier molecular flexibility index (Phi) is 5.21. The Morgan fingerprint density at radius 1 is 1.26 bits per heavy atom. The third-order valence-corrected chi connectivity index (χ3v) is 3.96. The number of hydrogen-bond acceptors (Lipinski definition) is 3. The summed E-state index contributed by atoms with van der Waals surface area (Å²) in [5, 5.41) is 5.93. The van der Waals surface area contributed by atoms with E-state index in [1.807, 2.05) is 42.5 Å². The van der Waals surface area contributed by atoms with Crippen LogP contribution in [-0.2, 0) is 11.3 Å². The number of benzene rings is 1. The summed E-state index contributed by atoms with van der Waals surface area (Å²) >= 11 is 0. The number of nitrogens with zero attached hydrogens (tertiary/aromatic N) is 1. The highest BCUT2D eigenvalue weighted by Gasteiger charge is 2.28. The van der Waals surface area contributed by atoms with Gasteiger partial charge in [0.1, 0.15) is 0 Å². The molecule has 1 fully saturated rings. The van der Waals surface area contributed by atoms with Gasteiger partial charge < -0.3 is 15.4 Å². The molecule has 2 heterocycles. The number of urea groups is 1. The quantitative estimate of drug-likeness (QED) is 0.892. The fourth-order valence-corrected chi connectivity index (χ4v) is 2.79. The maximum Gasteiger partial charge on any atom is 0.315 e. The maximum atomic E-state index is 12.3. The summed E-state index contributed by atoms with van der Waals surface area (Å²) in [6, 6.07) is 13.4. The van der Waals surface area contributed by atoms with Crippen molar-refractivity contribution < 1.29 is 9.53 Å². The Hall–Kier alpha value is -2.40. The molecule has 0 saturated carbocycles. The molecule has 0 aliphatic carbocycles. The number of rotatable bonds is 5. The molecule has 5 heteroatoms. The van der Waals surface area contributed by atoms with Gasteiger partial charge in [0.2, 0.25) is 0 Å². The topological polar surface area (TPSA) is 63.2 Å². The summed E-state index contributed by atoms with van der Waals surface area (Å²) in [6.07, 6.45) is 5.48. The lowest BCUT2D eigenvalue weighted by Gasteiger charge is -2.25. The highest BCUT2D eigenvalue weighted by atomic mass is 16.5. The molecule has 0 radical (unpaired) electrons. The predicted molar refractivity (Wildman–Crippen MR) is 87.8 cm³/mol. The van der Waals surface area contributed by atoms with Crippen molar-refractivity contribution in [1.29, 1.82) is 0 Å². The van der Waals surface area contributed by atoms with E-state index in [0.717, 1.165) is 30.6 Å². The van der Waals surface area contributed by atoms with Crippen LogP contribution in [0.2, 0.25) is 0 Å². The molecule has 0 spiro atoms.